The van der Waals surface area contributed by atoms with Crippen molar-refractivity contribution in [3.8, 4) is 0 Å². The largest absolute Gasteiger partial charge is 0.391 e. The normalized spacial score (nSPS) is 19.3. The zero-order valence-electron chi connectivity index (χ0n) is 7.69. The molecule has 1 heterocycles. The molecule has 1 N–H and O–H groups in total. The van der Waals surface area contributed by atoms with E-state index < -0.39 is 0 Å². The van der Waals surface area contributed by atoms with Gasteiger partial charge >= 0.3 is 0 Å². The molecule has 0 fully saturated rings. The van der Waals surface area contributed by atoms with E-state index in [0.717, 1.165) is 12.5 Å². The van der Waals surface area contributed by atoms with Crippen molar-refractivity contribution in [1.82, 2.24) is 5.32 Å². The van der Waals surface area contributed by atoms with Crippen LogP contribution < -0.4 is 5.32 Å². The highest BCUT2D eigenvalue weighted by Gasteiger charge is 2.13. The molecule has 64 valence electrons. The first-order valence-corrected chi connectivity index (χ1v) is 4.80. The van der Waals surface area contributed by atoms with Crippen LogP contribution in [0.4, 0.5) is 0 Å². The summed E-state index contributed by atoms with van der Waals surface area (Å²) in [6, 6.07) is 0. The minimum absolute atomic E-state index is 0.856. The molecule has 0 bridgehead atoms. The second-order valence-electron chi connectivity index (χ2n) is 3.32. The third-order valence-corrected chi connectivity index (χ3v) is 2.50. The highest BCUT2D eigenvalue weighted by Crippen LogP contribution is 2.24. The molecule has 0 aromatic carbocycles. The van der Waals surface area contributed by atoms with Gasteiger partial charge in [-0.25, -0.2) is 0 Å². The maximum absolute atomic E-state index is 3.28. The first-order valence-electron chi connectivity index (χ1n) is 4.80. The maximum atomic E-state index is 3.28. The molecule has 0 radical (unpaired) electrons. The monoisotopic (exact) mass is 153 g/mol. The summed E-state index contributed by atoms with van der Waals surface area (Å²) < 4.78 is 0. The predicted octanol–water partition coefficient (Wildman–Crippen LogP) is 2.69. The molecule has 0 aromatic rings. The fraction of sp³-hybridized carbons (Fsp3) is 0.800. The Morgan fingerprint density at radius 3 is 2.82 bits per heavy atom. The highest BCUT2D eigenvalue weighted by molar-refractivity contribution is 5.10. The molecule has 11 heavy (non-hydrogen) atoms. The van der Waals surface area contributed by atoms with Crippen molar-refractivity contribution >= 4 is 0 Å². The van der Waals surface area contributed by atoms with E-state index in [9.17, 15) is 0 Å². The van der Waals surface area contributed by atoms with Crippen molar-refractivity contribution < 1.29 is 0 Å². The zero-order valence-corrected chi connectivity index (χ0v) is 7.69. The second-order valence-corrected chi connectivity index (χ2v) is 3.32. The van der Waals surface area contributed by atoms with Crippen LogP contribution in [0.3, 0.4) is 0 Å². The van der Waals surface area contributed by atoms with Gasteiger partial charge < -0.3 is 5.32 Å². The number of nitrogens with one attached hydrogen (secondary N) is 1. The van der Waals surface area contributed by atoms with Gasteiger partial charge in [0.05, 0.1) is 0 Å². The van der Waals surface area contributed by atoms with Gasteiger partial charge in [-0.05, 0) is 37.0 Å². The molecule has 0 saturated heterocycles. The van der Waals surface area contributed by atoms with Crippen LogP contribution in [-0.4, -0.2) is 6.54 Å². The lowest BCUT2D eigenvalue weighted by molar-refractivity contribution is 0.525. The molecule has 1 aliphatic rings. The van der Waals surface area contributed by atoms with Gasteiger partial charge in [-0.15, -0.1) is 0 Å². The van der Waals surface area contributed by atoms with Crippen LogP contribution in [0, 0.1) is 5.92 Å². The van der Waals surface area contributed by atoms with Crippen LogP contribution in [0.15, 0.2) is 11.8 Å². The van der Waals surface area contributed by atoms with Crippen LogP contribution >= 0.6 is 0 Å². The van der Waals surface area contributed by atoms with E-state index in [1.54, 1.807) is 5.57 Å². The van der Waals surface area contributed by atoms with Crippen LogP contribution in [0.1, 0.15) is 39.5 Å². The van der Waals surface area contributed by atoms with Crippen molar-refractivity contribution in [1.29, 1.82) is 0 Å². The molecule has 1 unspecified atom stereocenters. The third-order valence-electron chi connectivity index (χ3n) is 2.50. The van der Waals surface area contributed by atoms with E-state index in [1.165, 1.54) is 25.7 Å². The Hall–Kier alpha value is -0.460. The van der Waals surface area contributed by atoms with E-state index >= 15 is 0 Å². The zero-order chi connectivity index (χ0) is 8.10. The van der Waals surface area contributed by atoms with Gasteiger partial charge in [0, 0.05) is 6.54 Å². The molecular weight excluding hydrogens is 134 g/mol. The topological polar surface area (TPSA) is 12.0 Å². The summed E-state index contributed by atoms with van der Waals surface area (Å²) in [7, 11) is 0. The molecule has 0 spiro atoms. The minimum Gasteiger partial charge on any atom is -0.391 e. The van der Waals surface area contributed by atoms with Crippen molar-refractivity contribution in [3.63, 3.8) is 0 Å². The first-order chi connectivity index (χ1) is 5.38. The minimum atomic E-state index is 0.856. The maximum Gasteiger partial charge on any atom is 0.0179 e. The van der Waals surface area contributed by atoms with Crippen LogP contribution in [0.2, 0.25) is 0 Å². The molecule has 0 saturated carbocycles. The smallest absolute Gasteiger partial charge is 0.0179 e. The Balaban J connectivity index is 2.40. The molecule has 0 amide bonds. The molecule has 1 aliphatic heterocycles. The lowest BCUT2D eigenvalue weighted by Crippen LogP contribution is -2.00. The average Bonchev–Trinajstić information content (AvgIpc) is 2.52. The van der Waals surface area contributed by atoms with Gasteiger partial charge in [-0.2, -0.15) is 0 Å². The van der Waals surface area contributed by atoms with Gasteiger partial charge in [0.15, 0.2) is 0 Å². The van der Waals surface area contributed by atoms with E-state index in [2.05, 4.69) is 25.4 Å². The molecule has 1 rings (SSSR count). The standard InChI is InChI=1S/C10H19N/c1-3-5-9(4-2)10-6-7-11-8-10/h8-9,11H,3-7H2,1-2H3. The van der Waals surface area contributed by atoms with Crippen molar-refractivity contribution in [2.24, 2.45) is 5.92 Å². The summed E-state index contributed by atoms with van der Waals surface area (Å²) >= 11 is 0. The molecule has 0 aromatic heterocycles. The average molecular weight is 153 g/mol. The Morgan fingerprint density at radius 1 is 1.55 bits per heavy atom. The van der Waals surface area contributed by atoms with Crippen molar-refractivity contribution in [2.75, 3.05) is 6.54 Å². The molecule has 0 aliphatic carbocycles. The van der Waals surface area contributed by atoms with Crippen molar-refractivity contribution in [2.45, 2.75) is 39.5 Å². The van der Waals surface area contributed by atoms with Gasteiger partial charge in [0.1, 0.15) is 0 Å². The Labute approximate surface area is 69.9 Å². The molecular formula is C10H19N. The summed E-state index contributed by atoms with van der Waals surface area (Å²) in [4.78, 5) is 0. The fourth-order valence-corrected chi connectivity index (χ4v) is 1.81. The van der Waals surface area contributed by atoms with E-state index in [-0.39, 0.29) is 0 Å². The highest BCUT2D eigenvalue weighted by atomic mass is 14.9. The van der Waals surface area contributed by atoms with E-state index in [1.807, 2.05) is 0 Å². The first kappa shape index (κ1) is 8.63. The Bertz CT molecular complexity index is 138. The number of hydrogen-bond donors (Lipinski definition) is 1. The SMILES string of the molecule is CCCC(CC)C1=CNCC1. The molecule has 1 heteroatoms. The lowest BCUT2D eigenvalue weighted by atomic mass is 9.91. The summed E-state index contributed by atoms with van der Waals surface area (Å²) in [5, 5.41) is 3.28. The predicted molar refractivity (Wildman–Crippen MR) is 49.4 cm³/mol. The van der Waals surface area contributed by atoms with Gasteiger partial charge in [-0.1, -0.05) is 20.3 Å². The van der Waals surface area contributed by atoms with Crippen LogP contribution in [0.5, 0.6) is 0 Å². The van der Waals surface area contributed by atoms with E-state index in [4.69, 9.17) is 0 Å². The molecule has 1 nitrogen and oxygen atoms in total. The van der Waals surface area contributed by atoms with E-state index in [0.29, 0.717) is 0 Å². The van der Waals surface area contributed by atoms with Crippen LogP contribution in [0.25, 0.3) is 0 Å². The quantitative estimate of drug-likeness (QED) is 0.654. The van der Waals surface area contributed by atoms with Crippen molar-refractivity contribution in [3.05, 3.63) is 11.8 Å². The second kappa shape index (κ2) is 4.42. The lowest BCUT2D eigenvalue weighted by Gasteiger charge is -2.13. The van der Waals surface area contributed by atoms with Gasteiger partial charge in [0.25, 0.3) is 0 Å². The molecule has 1 atom stereocenters. The summed E-state index contributed by atoms with van der Waals surface area (Å²) in [6.45, 7) is 5.72. The Morgan fingerprint density at radius 2 is 2.36 bits per heavy atom. The Kier molecular flexibility index (Phi) is 3.47. The van der Waals surface area contributed by atoms with Crippen LogP contribution in [-0.2, 0) is 0 Å². The van der Waals surface area contributed by atoms with Gasteiger partial charge in [-0.3, -0.25) is 0 Å². The summed E-state index contributed by atoms with van der Waals surface area (Å²) in [5.74, 6) is 0.856. The number of hydrogen-bond acceptors (Lipinski definition) is 1. The number of rotatable bonds is 4. The van der Waals surface area contributed by atoms with Gasteiger partial charge in [0.2, 0.25) is 0 Å². The summed E-state index contributed by atoms with van der Waals surface area (Å²) in [5.41, 5.74) is 1.65. The fourth-order valence-electron chi connectivity index (χ4n) is 1.81. The summed E-state index contributed by atoms with van der Waals surface area (Å²) in [6.07, 6.45) is 7.49. The third kappa shape index (κ3) is 2.25.